The van der Waals surface area contributed by atoms with Crippen LogP contribution in [0.2, 0.25) is 0 Å². The number of amides is 1. The number of nitrogens with one attached hydrogen (secondary N) is 2. The topological polar surface area (TPSA) is 73.8 Å². The Labute approximate surface area is 125 Å². The van der Waals surface area contributed by atoms with Gasteiger partial charge in [-0.2, -0.15) is 0 Å². The highest BCUT2D eigenvalue weighted by Gasteiger charge is 2.21. The predicted molar refractivity (Wildman–Crippen MR) is 82.7 cm³/mol. The first kappa shape index (κ1) is 15.8. The third-order valence-electron chi connectivity index (χ3n) is 3.49. The molecular formula is C15H23N3O3. The molecule has 1 heterocycles. The summed E-state index contributed by atoms with van der Waals surface area (Å²) in [6.45, 7) is 5.35. The van der Waals surface area contributed by atoms with Crippen molar-refractivity contribution in [2.45, 2.75) is 13.0 Å². The van der Waals surface area contributed by atoms with Gasteiger partial charge in [0.1, 0.15) is 6.04 Å². The number of hydrogen-bond donors (Lipinski definition) is 3. The maximum absolute atomic E-state index is 12.0. The third kappa shape index (κ3) is 4.42. The number of aliphatic hydroxyl groups excluding tert-OH is 1. The molecule has 1 aliphatic rings. The molecule has 1 atom stereocenters. The van der Waals surface area contributed by atoms with Crippen molar-refractivity contribution >= 4 is 17.3 Å². The number of benzene rings is 1. The van der Waals surface area contributed by atoms with Crippen molar-refractivity contribution < 1.29 is 14.6 Å². The molecule has 1 aromatic carbocycles. The van der Waals surface area contributed by atoms with Crippen LogP contribution in [0.1, 0.15) is 6.92 Å². The van der Waals surface area contributed by atoms with Gasteiger partial charge in [-0.05, 0) is 31.2 Å². The molecule has 21 heavy (non-hydrogen) atoms. The average molecular weight is 293 g/mol. The van der Waals surface area contributed by atoms with Gasteiger partial charge < -0.3 is 25.4 Å². The fourth-order valence-electron chi connectivity index (χ4n) is 2.31. The van der Waals surface area contributed by atoms with Crippen LogP contribution in [0.4, 0.5) is 11.4 Å². The summed E-state index contributed by atoms with van der Waals surface area (Å²) in [6.07, 6.45) is 0. The van der Waals surface area contributed by atoms with Gasteiger partial charge in [-0.3, -0.25) is 4.79 Å². The Morgan fingerprint density at radius 2 is 2.24 bits per heavy atom. The monoisotopic (exact) mass is 293 g/mol. The number of rotatable bonds is 6. The third-order valence-corrected chi connectivity index (χ3v) is 3.49. The van der Waals surface area contributed by atoms with Crippen molar-refractivity contribution in [2.24, 2.45) is 0 Å². The summed E-state index contributed by atoms with van der Waals surface area (Å²) < 4.78 is 5.28. The molecule has 2 rings (SSSR count). The summed E-state index contributed by atoms with van der Waals surface area (Å²) in [5, 5.41) is 15.0. The van der Waals surface area contributed by atoms with E-state index in [0.717, 1.165) is 17.9 Å². The Bertz CT molecular complexity index is 444. The highest BCUT2D eigenvalue weighted by molar-refractivity contribution is 5.95. The van der Waals surface area contributed by atoms with Gasteiger partial charge in [0.25, 0.3) is 0 Å². The zero-order chi connectivity index (χ0) is 15.1. The van der Waals surface area contributed by atoms with E-state index in [4.69, 9.17) is 9.84 Å². The minimum Gasteiger partial charge on any atom is -0.395 e. The minimum atomic E-state index is -0.292. The van der Waals surface area contributed by atoms with Gasteiger partial charge in [0, 0.05) is 31.0 Å². The lowest BCUT2D eigenvalue weighted by atomic mass is 10.2. The van der Waals surface area contributed by atoms with Crippen LogP contribution in [0, 0.1) is 0 Å². The van der Waals surface area contributed by atoms with Crippen molar-refractivity contribution in [1.82, 2.24) is 5.32 Å². The maximum atomic E-state index is 12.0. The van der Waals surface area contributed by atoms with E-state index in [0.29, 0.717) is 26.3 Å². The lowest BCUT2D eigenvalue weighted by molar-refractivity contribution is -0.120. The minimum absolute atomic E-state index is 0.0786. The summed E-state index contributed by atoms with van der Waals surface area (Å²) in [6, 6.07) is 7.34. The van der Waals surface area contributed by atoms with Crippen LogP contribution >= 0.6 is 0 Å². The zero-order valence-electron chi connectivity index (χ0n) is 12.3. The number of carbonyl (C=O) groups excluding carboxylic acids is 1. The standard InChI is InChI=1S/C15H23N3O3/c1-2-18(8-9-19)13-5-3-12(4-6-13)17-15(20)14-11-21-10-7-16-14/h3-6,14,16,19H,2,7-11H2,1H3,(H,17,20). The molecular weight excluding hydrogens is 270 g/mol. The quantitative estimate of drug-likeness (QED) is 0.709. The summed E-state index contributed by atoms with van der Waals surface area (Å²) in [7, 11) is 0. The summed E-state index contributed by atoms with van der Waals surface area (Å²) >= 11 is 0. The molecule has 3 N–H and O–H groups in total. The number of aliphatic hydroxyl groups is 1. The Morgan fingerprint density at radius 3 is 2.81 bits per heavy atom. The fraction of sp³-hybridized carbons (Fsp3) is 0.533. The van der Waals surface area contributed by atoms with Gasteiger partial charge in [-0.15, -0.1) is 0 Å². The Kier molecular flexibility index (Phi) is 5.98. The number of nitrogens with zero attached hydrogens (tertiary/aromatic N) is 1. The molecule has 0 aromatic heterocycles. The van der Waals surface area contributed by atoms with Crippen LogP contribution in [0.15, 0.2) is 24.3 Å². The van der Waals surface area contributed by atoms with Gasteiger partial charge >= 0.3 is 0 Å². The lowest BCUT2D eigenvalue weighted by Crippen LogP contribution is -2.48. The van der Waals surface area contributed by atoms with Crippen molar-refractivity contribution in [2.75, 3.05) is 49.7 Å². The largest absolute Gasteiger partial charge is 0.395 e. The van der Waals surface area contributed by atoms with Gasteiger partial charge in [0.05, 0.1) is 19.8 Å². The van der Waals surface area contributed by atoms with Crippen molar-refractivity contribution in [3.63, 3.8) is 0 Å². The van der Waals surface area contributed by atoms with Crippen LogP contribution in [0.3, 0.4) is 0 Å². The van der Waals surface area contributed by atoms with Crippen molar-refractivity contribution in [1.29, 1.82) is 0 Å². The molecule has 0 spiro atoms. The second kappa shape index (κ2) is 7.97. The highest BCUT2D eigenvalue weighted by atomic mass is 16.5. The Hall–Kier alpha value is -1.63. The molecule has 1 fully saturated rings. The first-order valence-corrected chi connectivity index (χ1v) is 7.32. The number of anilines is 2. The lowest BCUT2D eigenvalue weighted by Gasteiger charge is -2.24. The van der Waals surface area contributed by atoms with Gasteiger partial charge in [-0.25, -0.2) is 0 Å². The van der Waals surface area contributed by atoms with E-state index in [-0.39, 0.29) is 18.6 Å². The molecule has 0 saturated carbocycles. The molecule has 1 aromatic rings. The maximum Gasteiger partial charge on any atom is 0.243 e. The fourth-order valence-corrected chi connectivity index (χ4v) is 2.31. The van der Waals surface area contributed by atoms with E-state index in [1.807, 2.05) is 31.2 Å². The SMILES string of the molecule is CCN(CCO)c1ccc(NC(=O)C2COCCN2)cc1. The number of ether oxygens (including phenoxy) is 1. The van der Waals surface area contributed by atoms with E-state index in [9.17, 15) is 4.79 Å². The van der Waals surface area contributed by atoms with E-state index >= 15 is 0 Å². The van der Waals surface area contributed by atoms with Crippen LogP contribution in [-0.4, -0.2) is 56.5 Å². The Morgan fingerprint density at radius 1 is 1.48 bits per heavy atom. The van der Waals surface area contributed by atoms with Gasteiger partial charge in [0.15, 0.2) is 0 Å². The molecule has 0 aliphatic carbocycles. The van der Waals surface area contributed by atoms with E-state index in [2.05, 4.69) is 15.5 Å². The second-order valence-corrected chi connectivity index (χ2v) is 4.92. The zero-order valence-corrected chi connectivity index (χ0v) is 12.3. The second-order valence-electron chi connectivity index (χ2n) is 4.92. The molecule has 1 aliphatic heterocycles. The first-order valence-electron chi connectivity index (χ1n) is 7.32. The summed E-state index contributed by atoms with van der Waals surface area (Å²) in [5.74, 6) is -0.0786. The van der Waals surface area contributed by atoms with Crippen LogP contribution in [-0.2, 0) is 9.53 Å². The smallest absolute Gasteiger partial charge is 0.243 e. The Balaban J connectivity index is 1.93. The van der Waals surface area contributed by atoms with Crippen molar-refractivity contribution in [3.05, 3.63) is 24.3 Å². The summed E-state index contributed by atoms with van der Waals surface area (Å²) in [5.41, 5.74) is 1.79. The number of morpholine rings is 1. The average Bonchev–Trinajstić information content (AvgIpc) is 2.54. The highest BCUT2D eigenvalue weighted by Crippen LogP contribution is 2.18. The van der Waals surface area contributed by atoms with Crippen LogP contribution in [0.5, 0.6) is 0 Å². The number of likely N-dealkylation sites (N-methyl/N-ethyl adjacent to an activating group) is 1. The summed E-state index contributed by atoms with van der Waals surface area (Å²) in [4.78, 5) is 14.1. The molecule has 6 heteroatoms. The number of hydrogen-bond acceptors (Lipinski definition) is 5. The number of carbonyl (C=O) groups is 1. The molecule has 6 nitrogen and oxygen atoms in total. The first-order chi connectivity index (χ1) is 10.2. The molecule has 0 radical (unpaired) electrons. The normalized spacial score (nSPS) is 18.3. The van der Waals surface area contributed by atoms with E-state index in [1.165, 1.54) is 0 Å². The van der Waals surface area contributed by atoms with Gasteiger partial charge in [-0.1, -0.05) is 0 Å². The predicted octanol–water partition coefficient (Wildman–Crippen LogP) is 0.432. The molecule has 116 valence electrons. The van der Waals surface area contributed by atoms with Crippen molar-refractivity contribution in [3.8, 4) is 0 Å². The van der Waals surface area contributed by atoms with Crippen LogP contribution < -0.4 is 15.5 Å². The molecule has 1 amide bonds. The molecule has 0 bridgehead atoms. The molecule has 1 saturated heterocycles. The van der Waals surface area contributed by atoms with E-state index in [1.54, 1.807) is 0 Å². The van der Waals surface area contributed by atoms with E-state index < -0.39 is 0 Å². The molecule has 1 unspecified atom stereocenters. The van der Waals surface area contributed by atoms with Gasteiger partial charge in [0.2, 0.25) is 5.91 Å². The van der Waals surface area contributed by atoms with Crippen LogP contribution in [0.25, 0.3) is 0 Å².